The molecule has 0 rings (SSSR count). The van der Waals surface area contributed by atoms with Gasteiger partial charge in [-0.1, -0.05) is 29.5 Å². The molecule has 0 saturated heterocycles. The van der Waals surface area contributed by atoms with Crippen molar-refractivity contribution in [3.05, 3.63) is 0 Å². The summed E-state index contributed by atoms with van der Waals surface area (Å²) in [7, 11) is 0. The monoisotopic (exact) mass is 278 g/mol. The van der Waals surface area contributed by atoms with Gasteiger partial charge in [-0.25, -0.2) is 8.78 Å². The topological polar surface area (TPSA) is 9.23 Å². The number of halogens is 3. The molecule has 0 spiro atoms. The van der Waals surface area contributed by atoms with Gasteiger partial charge < -0.3 is 4.74 Å². The summed E-state index contributed by atoms with van der Waals surface area (Å²) in [4.78, 5) is 0. The van der Waals surface area contributed by atoms with Gasteiger partial charge in [0.2, 0.25) is 6.43 Å². The Morgan fingerprint density at radius 3 is 2.55 bits per heavy atom. The van der Waals surface area contributed by atoms with Gasteiger partial charge in [0.15, 0.2) is 0 Å². The van der Waals surface area contributed by atoms with Crippen molar-refractivity contribution in [2.75, 3.05) is 13.2 Å². The molecule has 0 N–H and O–H groups in total. The van der Waals surface area contributed by atoms with Crippen molar-refractivity contribution >= 4 is 22.6 Å². The van der Waals surface area contributed by atoms with Crippen LogP contribution < -0.4 is 0 Å². The van der Waals surface area contributed by atoms with E-state index in [-0.39, 0.29) is 13.0 Å². The average molecular weight is 278 g/mol. The standard InChI is InChI=1S/C7H13F2IO/c1-2-6(10)5-11-4-3-7(8)9/h6-7H,2-5H2,1H3/t6-/m1/s1. The third-order valence-electron chi connectivity index (χ3n) is 1.22. The Hall–Kier alpha value is 0.550. The van der Waals surface area contributed by atoms with Crippen molar-refractivity contribution in [1.29, 1.82) is 0 Å². The lowest BCUT2D eigenvalue weighted by Crippen LogP contribution is -2.09. The fraction of sp³-hybridized carbons (Fsp3) is 1.00. The van der Waals surface area contributed by atoms with Crippen LogP contribution in [0.2, 0.25) is 0 Å². The zero-order chi connectivity index (χ0) is 8.69. The van der Waals surface area contributed by atoms with Crippen LogP contribution in [0.1, 0.15) is 19.8 Å². The van der Waals surface area contributed by atoms with Crippen molar-refractivity contribution < 1.29 is 13.5 Å². The highest BCUT2D eigenvalue weighted by atomic mass is 127. The number of hydrogen-bond acceptors (Lipinski definition) is 1. The molecular formula is C7H13F2IO. The minimum Gasteiger partial charge on any atom is -0.380 e. The van der Waals surface area contributed by atoms with E-state index in [2.05, 4.69) is 22.6 Å². The minimum atomic E-state index is -2.23. The Morgan fingerprint density at radius 1 is 1.45 bits per heavy atom. The minimum absolute atomic E-state index is 0.146. The van der Waals surface area contributed by atoms with E-state index < -0.39 is 6.43 Å². The van der Waals surface area contributed by atoms with E-state index in [4.69, 9.17) is 4.74 Å². The summed E-state index contributed by atoms with van der Waals surface area (Å²) < 4.78 is 28.6. The first kappa shape index (κ1) is 11.6. The lowest BCUT2D eigenvalue weighted by atomic mass is 10.4. The molecule has 1 atom stereocenters. The summed E-state index contributed by atoms with van der Waals surface area (Å²) >= 11 is 2.25. The second-order valence-corrected chi connectivity index (χ2v) is 4.02. The van der Waals surface area contributed by atoms with Gasteiger partial charge in [0.25, 0.3) is 0 Å². The zero-order valence-corrected chi connectivity index (χ0v) is 8.68. The number of rotatable bonds is 6. The Balaban J connectivity index is 3.01. The highest BCUT2D eigenvalue weighted by Gasteiger charge is 2.03. The number of hydrogen-bond donors (Lipinski definition) is 0. The highest BCUT2D eigenvalue weighted by Crippen LogP contribution is 2.06. The quantitative estimate of drug-likeness (QED) is 0.412. The molecule has 0 heterocycles. The SMILES string of the molecule is CC[C@@H](I)COCCC(F)F. The highest BCUT2D eigenvalue weighted by molar-refractivity contribution is 14.1. The first-order valence-electron chi connectivity index (χ1n) is 3.66. The Bertz CT molecular complexity index is 90.5. The third-order valence-corrected chi connectivity index (χ3v) is 2.46. The van der Waals surface area contributed by atoms with E-state index in [1.54, 1.807) is 0 Å². The molecular weight excluding hydrogens is 265 g/mol. The van der Waals surface area contributed by atoms with Gasteiger partial charge in [-0.05, 0) is 6.42 Å². The Kier molecular flexibility index (Phi) is 7.57. The van der Waals surface area contributed by atoms with E-state index >= 15 is 0 Å². The summed E-state index contributed by atoms with van der Waals surface area (Å²) in [6.07, 6.45) is -1.35. The number of ether oxygens (including phenoxy) is 1. The first-order chi connectivity index (χ1) is 5.16. The van der Waals surface area contributed by atoms with Gasteiger partial charge in [0.05, 0.1) is 13.2 Å². The van der Waals surface area contributed by atoms with Gasteiger partial charge in [0.1, 0.15) is 0 Å². The predicted molar refractivity (Wildman–Crippen MR) is 49.5 cm³/mol. The van der Waals surface area contributed by atoms with Crippen molar-refractivity contribution in [2.45, 2.75) is 30.1 Å². The van der Waals surface area contributed by atoms with Crippen molar-refractivity contribution in [1.82, 2.24) is 0 Å². The molecule has 0 saturated carbocycles. The molecule has 0 aromatic rings. The summed E-state index contributed by atoms with van der Waals surface area (Å²) in [6, 6.07) is 0. The van der Waals surface area contributed by atoms with Crippen molar-refractivity contribution in [3.8, 4) is 0 Å². The smallest absolute Gasteiger partial charge is 0.240 e. The predicted octanol–water partition coefficient (Wildman–Crippen LogP) is 2.87. The van der Waals surface area contributed by atoms with Crippen LogP contribution in [0, 0.1) is 0 Å². The van der Waals surface area contributed by atoms with Crippen molar-refractivity contribution in [2.24, 2.45) is 0 Å². The van der Waals surface area contributed by atoms with Crippen LogP contribution in [-0.2, 0) is 4.74 Å². The maximum absolute atomic E-state index is 11.6. The molecule has 4 heteroatoms. The second kappa shape index (κ2) is 7.21. The average Bonchev–Trinajstić information content (AvgIpc) is 1.97. The summed E-state index contributed by atoms with van der Waals surface area (Å²) in [5, 5.41) is 0. The lowest BCUT2D eigenvalue weighted by molar-refractivity contribution is 0.0682. The van der Waals surface area contributed by atoms with Crippen LogP contribution in [-0.4, -0.2) is 23.6 Å². The van der Waals surface area contributed by atoms with Crippen molar-refractivity contribution in [3.63, 3.8) is 0 Å². The molecule has 0 bridgehead atoms. The van der Waals surface area contributed by atoms with Crippen LogP contribution in [0.5, 0.6) is 0 Å². The second-order valence-electron chi connectivity index (χ2n) is 2.26. The van der Waals surface area contributed by atoms with Gasteiger partial charge in [0, 0.05) is 10.3 Å². The van der Waals surface area contributed by atoms with E-state index in [1.165, 1.54) is 0 Å². The number of alkyl halides is 3. The van der Waals surface area contributed by atoms with Crippen LogP contribution in [0.4, 0.5) is 8.78 Å². The van der Waals surface area contributed by atoms with Crippen LogP contribution in [0.25, 0.3) is 0 Å². The lowest BCUT2D eigenvalue weighted by Gasteiger charge is -2.07. The molecule has 0 amide bonds. The fourth-order valence-corrected chi connectivity index (χ4v) is 0.756. The molecule has 0 aromatic heterocycles. The zero-order valence-electron chi connectivity index (χ0n) is 6.53. The molecule has 0 unspecified atom stereocenters. The maximum Gasteiger partial charge on any atom is 0.240 e. The summed E-state index contributed by atoms with van der Waals surface area (Å²) in [5.74, 6) is 0. The molecule has 0 aromatic carbocycles. The van der Waals surface area contributed by atoms with Gasteiger partial charge >= 0.3 is 0 Å². The molecule has 0 aliphatic heterocycles. The van der Waals surface area contributed by atoms with Gasteiger partial charge in [-0.15, -0.1) is 0 Å². The molecule has 0 aliphatic carbocycles. The van der Waals surface area contributed by atoms with Crippen LogP contribution >= 0.6 is 22.6 Å². The summed E-state index contributed by atoms with van der Waals surface area (Å²) in [6.45, 7) is 2.81. The van der Waals surface area contributed by atoms with Crippen LogP contribution in [0.15, 0.2) is 0 Å². The van der Waals surface area contributed by atoms with Gasteiger partial charge in [-0.3, -0.25) is 0 Å². The Morgan fingerprint density at radius 2 is 2.09 bits per heavy atom. The van der Waals surface area contributed by atoms with Crippen LogP contribution in [0.3, 0.4) is 0 Å². The fourth-order valence-electron chi connectivity index (χ4n) is 0.501. The molecule has 0 fully saturated rings. The van der Waals surface area contributed by atoms with E-state index in [1.807, 2.05) is 6.92 Å². The maximum atomic E-state index is 11.6. The van der Waals surface area contributed by atoms with E-state index in [0.717, 1.165) is 6.42 Å². The first-order valence-corrected chi connectivity index (χ1v) is 4.91. The van der Waals surface area contributed by atoms with E-state index in [9.17, 15) is 8.78 Å². The van der Waals surface area contributed by atoms with Gasteiger partial charge in [-0.2, -0.15) is 0 Å². The molecule has 11 heavy (non-hydrogen) atoms. The molecule has 68 valence electrons. The normalized spacial score (nSPS) is 13.9. The Labute approximate surface area is 79.6 Å². The molecule has 0 aliphatic rings. The third kappa shape index (κ3) is 8.46. The van der Waals surface area contributed by atoms with E-state index in [0.29, 0.717) is 10.5 Å². The largest absolute Gasteiger partial charge is 0.380 e. The summed E-state index contributed by atoms with van der Waals surface area (Å²) in [5.41, 5.74) is 0. The molecule has 0 radical (unpaired) electrons. The molecule has 1 nitrogen and oxygen atoms in total.